The maximum Gasteiger partial charge on any atom is 0.149 e. The van der Waals surface area contributed by atoms with E-state index in [1.165, 1.54) is 12.1 Å². The van der Waals surface area contributed by atoms with Crippen LogP contribution in [-0.2, 0) is 5.88 Å². The van der Waals surface area contributed by atoms with Crippen molar-refractivity contribution < 1.29 is 8.78 Å². The van der Waals surface area contributed by atoms with Gasteiger partial charge in [0.05, 0.1) is 0 Å². The van der Waals surface area contributed by atoms with Gasteiger partial charge in [-0.2, -0.15) is 0 Å². The summed E-state index contributed by atoms with van der Waals surface area (Å²) in [5, 5.41) is 0. The zero-order valence-corrected chi connectivity index (χ0v) is 12.8. The van der Waals surface area contributed by atoms with Gasteiger partial charge in [0.15, 0.2) is 0 Å². The Bertz CT molecular complexity index is 440. The van der Waals surface area contributed by atoms with E-state index in [0.29, 0.717) is 24.7 Å². The molecular formula is C15H21ClF2N2. The van der Waals surface area contributed by atoms with E-state index in [1.807, 2.05) is 4.90 Å². The molecule has 1 heterocycles. The van der Waals surface area contributed by atoms with Crippen LogP contribution in [-0.4, -0.2) is 37.1 Å². The minimum atomic E-state index is -0.513. The first kappa shape index (κ1) is 15.5. The molecule has 1 unspecified atom stereocenters. The van der Waals surface area contributed by atoms with Gasteiger partial charge in [-0.25, -0.2) is 8.78 Å². The Hall–Kier alpha value is -0.870. The summed E-state index contributed by atoms with van der Waals surface area (Å²) in [6.07, 6.45) is 0.942. The van der Waals surface area contributed by atoms with Gasteiger partial charge in [-0.3, -0.25) is 4.90 Å². The van der Waals surface area contributed by atoms with Gasteiger partial charge in [0.1, 0.15) is 17.3 Å². The Labute approximate surface area is 124 Å². The van der Waals surface area contributed by atoms with E-state index in [-0.39, 0.29) is 11.6 Å². The van der Waals surface area contributed by atoms with Crippen molar-refractivity contribution >= 4 is 17.3 Å². The molecule has 1 aliphatic heterocycles. The fourth-order valence-corrected chi connectivity index (χ4v) is 3.13. The number of rotatable bonds is 5. The summed E-state index contributed by atoms with van der Waals surface area (Å²) in [5.41, 5.74) is 0.568. The molecule has 5 heteroatoms. The zero-order valence-electron chi connectivity index (χ0n) is 12.0. The quantitative estimate of drug-likeness (QED) is 0.767. The summed E-state index contributed by atoms with van der Waals surface area (Å²) in [5.74, 6) is -0.905. The lowest BCUT2D eigenvalue weighted by Crippen LogP contribution is -2.37. The van der Waals surface area contributed by atoms with Crippen LogP contribution in [0.3, 0.4) is 0 Å². The van der Waals surface area contributed by atoms with Crippen LogP contribution in [0.15, 0.2) is 12.1 Å². The van der Waals surface area contributed by atoms with Gasteiger partial charge in [-0.15, -0.1) is 11.6 Å². The van der Waals surface area contributed by atoms with Crippen molar-refractivity contribution in [3.63, 3.8) is 0 Å². The third kappa shape index (κ3) is 3.07. The van der Waals surface area contributed by atoms with Gasteiger partial charge in [0.2, 0.25) is 0 Å². The number of hydrogen-bond donors (Lipinski definition) is 0. The molecule has 1 aliphatic rings. The van der Waals surface area contributed by atoms with Crippen LogP contribution in [0.1, 0.15) is 25.8 Å². The number of benzene rings is 1. The van der Waals surface area contributed by atoms with E-state index in [2.05, 4.69) is 18.7 Å². The topological polar surface area (TPSA) is 6.48 Å². The summed E-state index contributed by atoms with van der Waals surface area (Å²) in [6, 6.07) is 3.03. The zero-order chi connectivity index (χ0) is 14.7. The molecule has 0 radical (unpaired) electrons. The van der Waals surface area contributed by atoms with Crippen LogP contribution in [0.25, 0.3) is 0 Å². The highest BCUT2D eigenvalue weighted by Gasteiger charge is 2.29. The molecule has 0 spiro atoms. The average molecular weight is 303 g/mol. The van der Waals surface area contributed by atoms with Gasteiger partial charge in [-0.1, -0.05) is 13.8 Å². The maximum atomic E-state index is 14.1. The first-order valence-corrected chi connectivity index (χ1v) is 7.67. The first-order valence-electron chi connectivity index (χ1n) is 7.13. The molecule has 0 N–H and O–H groups in total. The number of anilines is 1. The molecule has 1 fully saturated rings. The van der Waals surface area contributed by atoms with Crippen molar-refractivity contribution in [2.24, 2.45) is 0 Å². The predicted octanol–water partition coefficient (Wildman–Crippen LogP) is 3.62. The second-order valence-corrected chi connectivity index (χ2v) is 5.42. The van der Waals surface area contributed by atoms with E-state index in [1.54, 1.807) is 0 Å². The third-order valence-corrected chi connectivity index (χ3v) is 4.35. The number of alkyl halides is 1. The summed E-state index contributed by atoms with van der Waals surface area (Å²) in [4.78, 5) is 4.15. The Morgan fingerprint density at radius 2 is 1.85 bits per heavy atom. The highest BCUT2D eigenvalue weighted by molar-refractivity contribution is 6.17. The smallest absolute Gasteiger partial charge is 0.149 e. The average Bonchev–Trinajstić information content (AvgIpc) is 2.88. The molecule has 0 bridgehead atoms. The highest BCUT2D eigenvalue weighted by Crippen LogP contribution is 2.29. The van der Waals surface area contributed by atoms with E-state index in [9.17, 15) is 8.78 Å². The largest absolute Gasteiger partial charge is 0.365 e. The molecule has 112 valence electrons. The Balaban J connectivity index is 2.18. The number of nitrogens with zero attached hydrogens (tertiary/aromatic N) is 2. The summed E-state index contributed by atoms with van der Waals surface area (Å²) in [6.45, 7) is 7.52. The minimum absolute atomic E-state index is 0.0912. The molecule has 0 saturated carbocycles. The number of halogens is 3. The molecule has 2 rings (SSSR count). The molecule has 0 aromatic heterocycles. The van der Waals surface area contributed by atoms with Crippen molar-refractivity contribution in [2.45, 2.75) is 32.2 Å². The molecule has 1 atom stereocenters. The van der Waals surface area contributed by atoms with Crippen molar-refractivity contribution in [3.05, 3.63) is 29.3 Å². The second kappa shape index (κ2) is 6.72. The van der Waals surface area contributed by atoms with Crippen LogP contribution < -0.4 is 4.90 Å². The predicted molar refractivity (Wildman–Crippen MR) is 79.5 cm³/mol. The van der Waals surface area contributed by atoms with Crippen molar-refractivity contribution in [2.75, 3.05) is 31.1 Å². The van der Waals surface area contributed by atoms with Crippen molar-refractivity contribution in [1.82, 2.24) is 4.90 Å². The van der Waals surface area contributed by atoms with E-state index < -0.39 is 11.6 Å². The SMILES string of the molecule is CCN(CC)C1CCN(c2c(F)cc(CCl)cc2F)C1. The number of likely N-dealkylation sites (N-methyl/N-ethyl adjacent to an activating group) is 1. The molecule has 1 aromatic carbocycles. The van der Waals surface area contributed by atoms with Crippen molar-refractivity contribution in [1.29, 1.82) is 0 Å². The molecular weight excluding hydrogens is 282 g/mol. The fourth-order valence-electron chi connectivity index (χ4n) is 2.98. The summed E-state index contributed by atoms with van der Waals surface area (Å²) < 4.78 is 28.2. The van der Waals surface area contributed by atoms with Gasteiger partial charge >= 0.3 is 0 Å². The van der Waals surface area contributed by atoms with Gasteiger partial charge in [0, 0.05) is 25.0 Å². The summed E-state index contributed by atoms with van der Waals surface area (Å²) in [7, 11) is 0. The van der Waals surface area contributed by atoms with Crippen LogP contribution in [0.5, 0.6) is 0 Å². The van der Waals surface area contributed by atoms with Crippen LogP contribution in [0.4, 0.5) is 14.5 Å². The standard InChI is InChI=1S/C15H21ClF2N2/c1-3-19(4-2)12-5-6-20(10-12)15-13(17)7-11(9-16)8-14(15)18/h7-8,12H,3-6,9-10H2,1-2H3. The van der Waals surface area contributed by atoms with Gasteiger partial charge in [-0.05, 0) is 37.2 Å². The molecule has 0 amide bonds. The van der Waals surface area contributed by atoms with Crippen LogP contribution in [0.2, 0.25) is 0 Å². The van der Waals surface area contributed by atoms with Crippen molar-refractivity contribution in [3.8, 4) is 0 Å². The highest BCUT2D eigenvalue weighted by atomic mass is 35.5. The van der Waals surface area contributed by atoms with Crippen LogP contribution in [0, 0.1) is 11.6 Å². The Morgan fingerprint density at radius 3 is 2.35 bits per heavy atom. The Morgan fingerprint density at radius 1 is 1.25 bits per heavy atom. The lowest BCUT2D eigenvalue weighted by Gasteiger charge is -2.27. The van der Waals surface area contributed by atoms with E-state index >= 15 is 0 Å². The van der Waals surface area contributed by atoms with E-state index in [4.69, 9.17) is 11.6 Å². The Kier molecular flexibility index (Phi) is 5.22. The van der Waals surface area contributed by atoms with Crippen LogP contribution >= 0.6 is 11.6 Å². The molecule has 1 saturated heterocycles. The monoisotopic (exact) mass is 302 g/mol. The summed E-state index contributed by atoms with van der Waals surface area (Å²) >= 11 is 5.63. The van der Waals surface area contributed by atoms with Gasteiger partial charge in [0.25, 0.3) is 0 Å². The normalized spacial score (nSPS) is 19.1. The van der Waals surface area contributed by atoms with Gasteiger partial charge < -0.3 is 4.90 Å². The lowest BCUT2D eigenvalue weighted by molar-refractivity contribution is 0.232. The van der Waals surface area contributed by atoms with E-state index in [0.717, 1.165) is 19.5 Å². The fraction of sp³-hybridized carbons (Fsp3) is 0.600. The third-order valence-electron chi connectivity index (χ3n) is 4.04. The molecule has 0 aliphatic carbocycles. The molecule has 1 aromatic rings. The maximum absolute atomic E-state index is 14.1. The number of hydrogen-bond acceptors (Lipinski definition) is 2. The lowest BCUT2D eigenvalue weighted by atomic mass is 10.2. The second-order valence-electron chi connectivity index (χ2n) is 5.15. The first-order chi connectivity index (χ1) is 9.60. The molecule has 20 heavy (non-hydrogen) atoms. The molecule has 2 nitrogen and oxygen atoms in total. The minimum Gasteiger partial charge on any atom is -0.365 e.